The Balaban J connectivity index is 1.47. The van der Waals surface area contributed by atoms with Crippen molar-refractivity contribution in [3.05, 3.63) is 66.2 Å². The van der Waals surface area contributed by atoms with E-state index in [4.69, 9.17) is 9.15 Å². The maximum atomic E-state index is 12.5. The number of para-hydroxylation sites is 2. The van der Waals surface area contributed by atoms with Crippen LogP contribution in [0.3, 0.4) is 0 Å². The van der Waals surface area contributed by atoms with E-state index in [0.717, 1.165) is 16.4 Å². The number of carbonyl (C=O) groups is 2. The third-order valence-corrected chi connectivity index (χ3v) is 4.89. The van der Waals surface area contributed by atoms with E-state index in [2.05, 4.69) is 15.8 Å². The molecule has 0 saturated carbocycles. The number of hydrogen-bond donors (Lipinski definition) is 3. The maximum Gasteiger partial charge on any atom is 0.275 e. The number of aromatic hydroxyl groups is 1. The molecule has 0 aliphatic heterocycles. The molecule has 1 aromatic heterocycles. The van der Waals surface area contributed by atoms with Crippen molar-refractivity contribution in [1.82, 2.24) is 5.43 Å². The molecule has 162 valence electrons. The largest absolute Gasteiger partial charge is 0.507 e. The van der Waals surface area contributed by atoms with E-state index in [-0.39, 0.29) is 23.6 Å². The molecule has 4 rings (SSSR count). The summed E-state index contributed by atoms with van der Waals surface area (Å²) in [4.78, 5) is 24.7. The molecular weight excluding hydrogens is 410 g/mol. The first-order valence-corrected chi connectivity index (χ1v) is 9.87. The van der Waals surface area contributed by atoms with Crippen LogP contribution in [0.15, 0.2) is 70.2 Å². The zero-order chi connectivity index (χ0) is 22.7. The molecule has 8 heteroatoms. The number of anilines is 1. The molecule has 0 saturated heterocycles. The van der Waals surface area contributed by atoms with Crippen LogP contribution in [-0.2, 0) is 4.79 Å². The van der Waals surface area contributed by atoms with Gasteiger partial charge in [-0.05, 0) is 31.2 Å². The van der Waals surface area contributed by atoms with Crippen LogP contribution >= 0.6 is 0 Å². The number of hydrazone groups is 1. The Morgan fingerprint density at radius 2 is 1.78 bits per heavy atom. The lowest BCUT2D eigenvalue weighted by molar-refractivity contribution is -0.115. The molecule has 3 N–H and O–H groups in total. The van der Waals surface area contributed by atoms with Crippen molar-refractivity contribution >= 4 is 45.2 Å². The summed E-state index contributed by atoms with van der Waals surface area (Å²) in [6.07, 6.45) is -0.0532. The van der Waals surface area contributed by atoms with Crippen molar-refractivity contribution in [3.8, 4) is 11.5 Å². The summed E-state index contributed by atoms with van der Waals surface area (Å²) in [5, 5.41) is 18.3. The molecular formula is C24H21N3O5. The van der Waals surface area contributed by atoms with E-state index in [1.165, 1.54) is 19.2 Å². The Morgan fingerprint density at radius 1 is 1.03 bits per heavy atom. The van der Waals surface area contributed by atoms with Crippen molar-refractivity contribution in [2.45, 2.75) is 13.3 Å². The van der Waals surface area contributed by atoms with Gasteiger partial charge in [-0.25, -0.2) is 5.43 Å². The lowest BCUT2D eigenvalue weighted by Gasteiger charge is -2.10. The van der Waals surface area contributed by atoms with Gasteiger partial charge in [-0.1, -0.05) is 30.3 Å². The molecule has 0 aliphatic carbocycles. The van der Waals surface area contributed by atoms with Crippen LogP contribution in [0.25, 0.3) is 21.9 Å². The van der Waals surface area contributed by atoms with Crippen LogP contribution in [0, 0.1) is 0 Å². The zero-order valence-electron chi connectivity index (χ0n) is 17.5. The van der Waals surface area contributed by atoms with Gasteiger partial charge in [0.2, 0.25) is 5.91 Å². The summed E-state index contributed by atoms with van der Waals surface area (Å²) in [5.41, 5.74) is 4.66. The van der Waals surface area contributed by atoms with Gasteiger partial charge in [-0.2, -0.15) is 5.10 Å². The summed E-state index contributed by atoms with van der Waals surface area (Å²) < 4.78 is 11.3. The molecule has 3 aromatic carbocycles. The predicted octanol–water partition coefficient (Wildman–Crippen LogP) is 4.43. The molecule has 4 aromatic rings. The van der Waals surface area contributed by atoms with Gasteiger partial charge in [-0.3, -0.25) is 9.59 Å². The van der Waals surface area contributed by atoms with Crippen molar-refractivity contribution in [1.29, 1.82) is 0 Å². The maximum absolute atomic E-state index is 12.5. The second kappa shape index (κ2) is 8.81. The average Bonchev–Trinajstić information content (AvgIpc) is 3.14. The summed E-state index contributed by atoms with van der Waals surface area (Å²) in [6, 6.07) is 17.3. The normalized spacial score (nSPS) is 11.5. The first-order chi connectivity index (χ1) is 15.5. The minimum atomic E-state index is -0.570. The van der Waals surface area contributed by atoms with Crippen LogP contribution in [-0.4, -0.2) is 29.7 Å². The third-order valence-electron chi connectivity index (χ3n) is 4.89. The van der Waals surface area contributed by atoms with Gasteiger partial charge in [0, 0.05) is 22.6 Å². The Labute approximate surface area is 183 Å². The molecule has 0 atom stereocenters. The third kappa shape index (κ3) is 4.24. The second-order valence-corrected chi connectivity index (χ2v) is 7.18. The number of nitrogens with one attached hydrogen (secondary N) is 2. The lowest BCUT2D eigenvalue weighted by atomic mass is 10.1. The molecule has 0 fully saturated rings. The predicted molar refractivity (Wildman–Crippen MR) is 122 cm³/mol. The van der Waals surface area contributed by atoms with Gasteiger partial charge in [-0.15, -0.1) is 0 Å². The number of carbonyl (C=O) groups excluding carboxylic acids is 2. The van der Waals surface area contributed by atoms with Crippen LogP contribution in [0.1, 0.15) is 23.7 Å². The second-order valence-electron chi connectivity index (χ2n) is 7.18. The molecule has 0 bridgehead atoms. The number of furan rings is 1. The van der Waals surface area contributed by atoms with Crippen molar-refractivity contribution in [2.75, 3.05) is 12.4 Å². The summed E-state index contributed by atoms with van der Waals surface area (Å²) >= 11 is 0. The van der Waals surface area contributed by atoms with Crippen molar-refractivity contribution in [3.63, 3.8) is 0 Å². The van der Waals surface area contributed by atoms with Crippen LogP contribution in [0.2, 0.25) is 0 Å². The molecule has 1 heterocycles. The Kier molecular flexibility index (Phi) is 5.76. The lowest BCUT2D eigenvalue weighted by Crippen LogP contribution is -2.21. The molecule has 8 nitrogen and oxygen atoms in total. The number of phenols is 1. The van der Waals surface area contributed by atoms with Crippen LogP contribution in [0.5, 0.6) is 11.5 Å². The first kappa shape index (κ1) is 20.9. The summed E-state index contributed by atoms with van der Waals surface area (Å²) in [5.74, 6) is -0.555. The number of hydrogen-bond acceptors (Lipinski definition) is 6. The molecule has 2 amide bonds. The first-order valence-electron chi connectivity index (χ1n) is 9.87. The number of ether oxygens (including phenoxy) is 1. The molecule has 0 spiro atoms. The summed E-state index contributed by atoms with van der Waals surface area (Å²) in [7, 11) is 1.53. The number of nitrogens with zero attached hydrogens (tertiary/aromatic N) is 1. The van der Waals surface area contributed by atoms with E-state index >= 15 is 0 Å². The van der Waals surface area contributed by atoms with E-state index in [1.807, 2.05) is 30.3 Å². The van der Waals surface area contributed by atoms with Gasteiger partial charge in [0.25, 0.3) is 5.91 Å². The smallest absolute Gasteiger partial charge is 0.275 e. The average molecular weight is 431 g/mol. The number of amides is 2. The fourth-order valence-corrected chi connectivity index (χ4v) is 3.36. The van der Waals surface area contributed by atoms with Gasteiger partial charge < -0.3 is 19.6 Å². The molecule has 0 unspecified atom stereocenters. The quantitative estimate of drug-likeness (QED) is 0.309. The van der Waals surface area contributed by atoms with Crippen molar-refractivity contribution in [2.24, 2.45) is 5.10 Å². The highest BCUT2D eigenvalue weighted by Gasteiger charge is 2.15. The fourth-order valence-electron chi connectivity index (χ4n) is 3.36. The number of methoxy groups -OCH3 is 1. The number of fused-ring (bicyclic) bond motifs is 3. The fraction of sp³-hybridized carbons (Fsp3) is 0.125. The van der Waals surface area contributed by atoms with Crippen LogP contribution < -0.4 is 15.5 Å². The molecule has 32 heavy (non-hydrogen) atoms. The van der Waals surface area contributed by atoms with E-state index in [9.17, 15) is 14.7 Å². The molecule has 0 radical (unpaired) electrons. The van der Waals surface area contributed by atoms with E-state index in [0.29, 0.717) is 22.7 Å². The van der Waals surface area contributed by atoms with Gasteiger partial charge in [0.1, 0.15) is 22.7 Å². The van der Waals surface area contributed by atoms with Gasteiger partial charge in [0.15, 0.2) is 0 Å². The monoisotopic (exact) mass is 431 g/mol. The SMILES string of the molecule is COc1cc2c(cc1NC(=O)CC(C)=NNC(=O)c1ccccc1O)oc1ccccc12. The van der Waals surface area contributed by atoms with E-state index < -0.39 is 5.91 Å². The minimum absolute atomic E-state index is 0.0532. The van der Waals surface area contributed by atoms with Gasteiger partial charge >= 0.3 is 0 Å². The number of benzene rings is 3. The Morgan fingerprint density at radius 3 is 2.56 bits per heavy atom. The highest BCUT2D eigenvalue weighted by molar-refractivity contribution is 6.10. The summed E-state index contributed by atoms with van der Waals surface area (Å²) in [6.45, 7) is 1.62. The zero-order valence-corrected chi connectivity index (χ0v) is 17.5. The topological polar surface area (TPSA) is 113 Å². The van der Waals surface area contributed by atoms with E-state index in [1.54, 1.807) is 25.1 Å². The highest BCUT2D eigenvalue weighted by Crippen LogP contribution is 2.36. The molecule has 0 aliphatic rings. The highest BCUT2D eigenvalue weighted by atomic mass is 16.5. The minimum Gasteiger partial charge on any atom is -0.507 e. The Bertz CT molecular complexity index is 1360. The van der Waals surface area contributed by atoms with Crippen molar-refractivity contribution < 1.29 is 23.8 Å². The van der Waals surface area contributed by atoms with Crippen LogP contribution in [0.4, 0.5) is 5.69 Å². The standard InChI is InChI=1S/C24H21N3O5/c1-14(26-27-24(30)16-8-3-5-9-19(16)28)11-23(29)25-18-13-21-17(12-22(18)31-2)15-7-4-6-10-20(15)32-21/h3-10,12-13,28H,11H2,1-2H3,(H,25,29)(H,27,30). The van der Waals surface area contributed by atoms with Gasteiger partial charge in [0.05, 0.1) is 24.8 Å². The Hall–Kier alpha value is -4.33. The number of phenolic OH excluding ortho intramolecular Hbond substituents is 1. The number of rotatable bonds is 6.